The molecule has 0 unspecified atom stereocenters. The Morgan fingerprint density at radius 3 is 2.76 bits per heavy atom. The van der Waals surface area contributed by atoms with E-state index in [2.05, 4.69) is 46.1 Å². The quantitative estimate of drug-likeness (QED) is 0.641. The third-order valence-electron chi connectivity index (χ3n) is 3.71. The van der Waals surface area contributed by atoms with Crippen LogP contribution in [0.2, 0.25) is 0 Å². The molecule has 2 rings (SSSR count). The first kappa shape index (κ1) is 15.6. The largest absolute Gasteiger partial charge is 0.385 e. The highest BCUT2D eigenvalue weighted by Crippen LogP contribution is 2.12. The number of nitrogens with one attached hydrogen (secondary N) is 1. The molecule has 3 heteroatoms. The second-order valence-electron chi connectivity index (χ2n) is 5.63. The van der Waals surface area contributed by atoms with Crippen LogP contribution in [0.1, 0.15) is 51.0 Å². The third-order valence-corrected chi connectivity index (χ3v) is 3.71. The molecule has 0 aliphatic heterocycles. The van der Waals surface area contributed by atoms with Crippen molar-refractivity contribution in [3.05, 3.63) is 48.5 Å². The van der Waals surface area contributed by atoms with Gasteiger partial charge in [-0.15, -0.1) is 0 Å². The second kappa shape index (κ2) is 9.22. The van der Waals surface area contributed by atoms with Gasteiger partial charge < -0.3 is 9.88 Å². The number of aromatic nitrogens is 2. The molecule has 1 aromatic heterocycles. The summed E-state index contributed by atoms with van der Waals surface area (Å²) in [6.07, 6.45) is 13.7. The monoisotopic (exact) mass is 285 g/mol. The zero-order valence-corrected chi connectivity index (χ0v) is 13.1. The molecule has 114 valence electrons. The van der Waals surface area contributed by atoms with Crippen molar-refractivity contribution in [1.29, 1.82) is 0 Å². The molecule has 1 N–H and O–H groups in total. The van der Waals surface area contributed by atoms with E-state index in [1.807, 2.05) is 18.7 Å². The van der Waals surface area contributed by atoms with E-state index in [0.29, 0.717) is 0 Å². The highest BCUT2D eigenvalue weighted by molar-refractivity contribution is 5.45. The summed E-state index contributed by atoms with van der Waals surface area (Å²) in [5, 5.41) is 3.53. The van der Waals surface area contributed by atoms with E-state index in [1.54, 1.807) is 0 Å². The zero-order valence-electron chi connectivity index (χ0n) is 13.1. The van der Waals surface area contributed by atoms with E-state index in [4.69, 9.17) is 0 Å². The molecule has 0 amide bonds. The SMILES string of the molecule is CCCCCCCCNc1cccc(Cn2ccnc2)c1. The molecule has 0 spiro atoms. The van der Waals surface area contributed by atoms with E-state index in [9.17, 15) is 0 Å². The number of nitrogens with zero attached hydrogens (tertiary/aromatic N) is 2. The highest BCUT2D eigenvalue weighted by Gasteiger charge is 1.97. The lowest BCUT2D eigenvalue weighted by atomic mass is 10.1. The van der Waals surface area contributed by atoms with Crippen molar-refractivity contribution in [3.8, 4) is 0 Å². The summed E-state index contributed by atoms with van der Waals surface area (Å²) >= 11 is 0. The number of imidazole rings is 1. The van der Waals surface area contributed by atoms with Crippen LogP contribution in [0.5, 0.6) is 0 Å². The van der Waals surface area contributed by atoms with Crippen molar-refractivity contribution in [2.75, 3.05) is 11.9 Å². The highest BCUT2D eigenvalue weighted by atomic mass is 15.0. The lowest BCUT2D eigenvalue weighted by Gasteiger charge is -2.09. The van der Waals surface area contributed by atoms with Crippen molar-refractivity contribution in [2.24, 2.45) is 0 Å². The Balaban J connectivity index is 1.69. The average molecular weight is 285 g/mol. The lowest BCUT2D eigenvalue weighted by Crippen LogP contribution is -2.03. The number of hydrogen-bond acceptors (Lipinski definition) is 2. The minimum absolute atomic E-state index is 0.881. The van der Waals surface area contributed by atoms with E-state index < -0.39 is 0 Å². The van der Waals surface area contributed by atoms with Gasteiger partial charge in [-0.3, -0.25) is 0 Å². The molecule has 0 saturated carbocycles. The molecule has 1 heterocycles. The molecule has 0 saturated heterocycles. The lowest BCUT2D eigenvalue weighted by molar-refractivity contribution is 0.617. The summed E-state index contributed by atoms with van der Waals surface area (Å²) in [4.78, 5) is 4.08. The predicted octanol–water partition coefficient (Wildman–Crippen LogP) is 4.70. The zero-order chi connectivity index (χ0) is 14.8. The van der Waals surface area contributed by atoms with Crippen LogP contribution in [0, 0.1) is 0 Å². The first-order valence-electron chi connectivity index (χ1n) is 8.17. The average Bonchev–Trinajstić information content (AvgIpc) is 3.00. The van der Waals surface area contributed by atoms with E-state index in [0.717, 1.165) is 13.1 Å². The summed E-state index contributed by atoms with van der Waals surface area (Å²) in [7, 11) is 0. The fourth-order valence-corrected chi connectivity index (χ4v) is 2.51. The molecule has 0 aliphatic carbocycles. The van der Waals surface area contributed by atoms with Gasteiger partial charge in [0.05, 0.1) is 6.33 Å². The van der Waals surface area contributed by atoms with E-state index in [1.165, 1.54) is 49.8 Å². The number of unbranched alkanes of at least 4 members (excludes halogenated alkanes) is 5. The second-order valence-corrected chi connectivity index (χ2v) is 5.63. The van der Waals surface area contributed by atoms with Gasteiger partial charge in [0, 0.05) is 31.2 Å². The smallest absolute Gasteiger partial charge is 0.0949 e. The van der Waals surface area contributed by atoms with Gasteiger partial charge in [0.1, 0.15) is 0 Å². The van der Waals surface area contributed by atoms with Crippen LogP contribution in [0.15, 0.2) is 43.0 Å². The first-order valence-corrected chi connectivity index (χ1v) is 8.17. The number of hydrogen-bond donors (Lipinski definition) is 1. The molecular weight excluding hydrogens is 258 g/mol. The topological polar surface area (TPSA) is 29.9 Å². The molecule has 0 aliphatic rings. The van der Waals surface area contributed by atoms with Crippen LogP contribution in [0.25, 0.3) is 0 Å². The fraction of sp³-hybridized carbons (Fsp3) is 0.500. The van der Waals surface area contributed by atoms with Crippen molar-refractivity contribution in [2.45, 2.75) is 52.0 Å². The predicted molar refractivity (Wildman–Crippen MR) is 89.6 cm³/mol. The van der Waals surface area contributed by atoms with E-state index in [-0.39, 0.29) is 0 Å². The van der Waals surface area contributed by atoms with Gasteiger partial charge in [0.2, 0.25) is 0 Å². The summed E-state index contributed by atoms with van der Waals surface area (Å²) in [6.45, 7) is 4.21. The normalized spacial score (nSPS) is 10.7. The number of benzene rings is 1. The van der Waals surface area contributed by atoms with Crippen molar-refractivity contribution < 1.29 is 0 Å². The molecule has 1 aromatic carbocycles. The van der Waals surface area contributed by atoms with Crippen LogP contribution in [0.4, 0.5) is 5.69 Å². The summed E-state index contributed by atoms with van der Waals surface area (Å²) in [6, 6.07) is 8.66. The van der Waals surface area contributed by atoms with Crippen molar-refractivity contribution in [3.63, 3.8) is 0 Å². The van der Waals surface area contributed by atoms with Crippen LogP contribution in [0.3, 0.4) is 0 Å². The van der Waals surface area contributed by atoms with Crippen molar-refractivity contribution >= 4 is 5.69 Å². The van der Waals surface area contributed by atoms with Crippen LogP contribution in [-0.2, 0) is 6.54 Å². The van der Waals surface area contributed by atoms with Crippen LogP contribution < -0.4 is 5.32 Å². The van der Waals surface area contributed by atoms with Gasteiger partial charge in [-0.25, -0.2) is 4.98 Å². The summed E-state index contributed by atoms with van der Waals surface area (Å²) < 4.78 is 2.09. The maximum absolute atomic E-state index is 4.08. The van der Waals surface area contributed by atoms with Gasteiger partial charge >= 0.3 is 0 Å². The van der Waals surface area contributed by atoms with Crippen molar-refractivity contribution in [1.82, 2.24) is 9.55 Å². The van der Waals surface area contributed by atoms with E-state index >= 15 is 0 Å². The van der Waals surface area contributed by atoms with Crippen LogP contribution in [-0.4, -0.2) is 16.1 Å². The maximum Gasteiger partial charge on any atom is 0.0949 e. The Hall–Kier alpha value is -1.77. The first-order chi connectivity index (χ1) is 10.4. The molecular formula is C18H27N3. The summed E-state index contributed by atoms with van der Waals surface area (Å²) in [5.74, 6) is 0. The van der Waals surface area contributed by atoms with Crippen LogP contribution >= 0.6 is 0 Å². The molecule has 3 nitrogen and oxygen atoms in total. The molecule has 0 atom stereocenters. The molecule has 0 bridgehead atoms. The number of anilines is 1. The summed E-state index contributed by atoms with van der Waals surface area (Å²) in [5.41, 5.74) is 2.53. The Morgan fingerprint density at radius 1 is 1.10 bits per heavy atom. The Kier molecular flexibility index (Phi) is 6.85. The Morgan fingerprint density at radius 2 is 1.95 bits per heavy atom. The minimum Gasteiger partial charge on any atom is -0.385 e. The maximum atomic E-state index is 4.08. The van der Waals surface area contributed by atoms with Gasteiger partial charge in [0.25, 0.3) is 0 Å². The molecule has 0 radical (unpaired) electrons. The van der Waals surface area contributed by atoms with Gasteiger partial charge in [-0.05, 0) is 24.1 Å². The standard InChI is InChI=1S/C18H27N3/c1-2-3-4-5-6-7-11-20-18-10-8-9-17(14-18)15-21-13-12-19-16-21/h8-10,12-14,16,20H,2-7,11,15H2,1H3. The minimum atomic E-state index is 0.881. The number of rotatable bonds is 10. The Bertz CT molecular complexity index is 491. The third kappa shape index (κ3) is 6.03. The Labute approximate surface area is 128 Å². The van der Waals surface area contributed by atoms with Gasteiger partial charge in [-0.2, -0.15) is 0 Å². The van der Waals surface area contributed by atoms with Gasteiger partial charge in [0.15, 0.2) is 0 Å². The molecule has 0 fully saturated rings. The van der Waals surface area contributed by atoms with Gasteiger partial charge in [-0.1, -0.05) is 51.2 Å². The molecule has 21 heavy (non-hydrogen) atoms. The molecule has 2 aromatic rings. The fourth-order valence-electron chi connectivity index (χ4n) is 2.51.